The van der Waals surface area contributed by atoms with Crippen LogP contribution < -0.4 is 4.74 Å². The van der Waals surface area contributed by atoms with E-state index < -0.39 is 96.8 Å². The van der Waals surface area contributed by atoms with Gasteiger partial charge in [-0.2, -0.15) is 8.78 Å². The van der Waals surface area contributed by atoms with Gasteiger partial charge in [0, 0.05) is 10.9 Å². The van der Waals surface area contributed by atoms with Crippen molar-refractivity contribution in [3.05, 3.63) is 101 Å². The summed E-state index contributed by atoms with van der Waals surface area (Å²) in [7, 11) is 0.735. The van der Waals surface area contributed by atoms with E-state index >= 15 is 13.2 Å². The van der Waals surface area contributed by atoms with Gasteiger partial charge in [0.15, 0.2) is 46.5 Å². The average molecular weight is 540 g/mol. The van der Waals surface area contributed by atoms with Crippen molar-refractivity contribution in [2.45, 2.75) is 0 Å². The minimum Gasteiger partial charge on any atom is -0.491 e. The quantitative estimate of drug-likeness (QED) is 0.0963. The lowest BCUT2D eigenvalue weighted by Gasteiger charge is -2.20. The number of benzene rings is 5. The molecular formula is C27H10F10O. The third kappa shape index (κ3) is 3.56. The van der Waals surface area contributed by atoms with E-state index in [-0.39, 0.29) is 10.9 Å². The third-order valence-electron chi connectivity index (χ3n) is 6.08. The zero-order valence-electron chi connectivity index (χ0n) is 18.7. The number of halogens is 10. The van der Waals surface area contributed by atoms with Crippen molar-refractivity contribution in [2.24, 2.45) is 0 Å². The smallest absolute Gasteiger partial charge is 0.204 e. The lowest BCUT2D eigenvalue weighted by atomic mass is 9.85. The second-order valence-electron chi connectivity index (χ2n) is 8.14. The van der Waals surface area contributed by atoms with E-state index in [1.165, 1.54) is 0 Å². The van der Waals surface area contributed by atoms with Crippen molar-refractivity contribution in [1.29, 1.82) is 0 Å². The molecule has 0 unspecified atom stereocenters. The maximum atomic E-state index is 15.3. The van der Waals surface area contributed by atoms with E-state index in [4.69, 9.17) is 0 Å². The van der Waals surface area contributed by atoms with Crippen LogP contribution in [0.3, 0.4) is 0 Å². The van der Waals surface area contributed by atoms with E-state index in [0.717, 1.165) is 25.3 Å². The topological polar surface area (TPSA) is 9.23 Å². The van der Waals surface area contributed by atoms with E-state index in [9.17, 15) is 30.7 Å². The van der Waals surface area contributed by atoms with Crippen LogP contribution in [-0.4, -0.2) is 7.11 Å². The highest BCUT2D eigenvalue weighted by Crippen LogP contribution is 2.48. The monoisotopic (exact) mass is 540 g/mol. The summed E-state index contributed by atoms with van der Waals surface area (Å²) in [6.45, 7) is 0. The van der Waals surface area contributed by atoms with Gasteiger partial charge in [-0.15, -0.1) is 0 Å². The molecule has 5 rings (SSSR count). The first-order valence-electron chi connectivity index (χ1n) is 10.6. The Bertz CT molecular complexity index is 1760. The number of hydrogen-bond acceptors (Lipinski definition) is 1. The van der Waals surface area contributed by atoms with Gasteiger partial charge in [-0.3, -0.25) is 0 Å². The van der Waals surface area contributed by atoms with Crippen LogP contribution in [0.4, 0.5) is 43.9 Å². The molecule has 5 aromatic rings. The van der Waals surface area contributed by atoms with E-state index in [2.05, 4.69) is 4.74 Å². The Morgan fingerprint density at radius 3 is 1.53 bits per heavy atom. The molecule has 0 N–H and O–H groups in total. The molecule has 5 aromatic carbocycles. The maximum absolute atomic E-state index is 15.3. The van der Waals surface area contributed by atoms with Gasteiger partial charge in [0.2, 0.25) is 11.6 Å². The second-order valence-corrected chi connectivity index (χ2v) is 8.14. The molecule has 0 heterocycles. The van der Waals surface area contributed by atoms with Crippen LogP contribution in [0, 0.1) is 58.2 Å². The SMILES string of the molecule is COc1c(F)c(F)c(-c2c3cc(F)c(F)cc3c(-c3cc(F)c(F)c(F)c3)c3cccc(F)c23)c(F)c1F. The Labute approximate surface area is 206 Å². The minimum atomic E-state index is -2.04. The molecule has 0 amide bonds. The molecule has 38 heavy (non-hydrogen) atoms. The molecule has 0 bridgehead atoms. The standard InChI is InChI=1S/C27H10F10O/c1-38-27-25(36)23(34)21(24(35)26(27)37)20-12-8-15(30)14(29)7-11(12)18(10-3-2-4-13(28)19(10)20)9-5-16(31)22(33)17(32)6-9/h2-8H,1H3. The first kappa shape index (κ1) is 25.4. The fourth-order valence-corrected chi connectivity index (χ4v) is 4.51. The molecule has 0 aromatic heterocycles. The molecule has 0 spiro atoms. The molecule has 0 aliphatic heterocycles. The van der Waals surface area contributed by atoms with Crippen LogP contribution in [-0.2, 0) is 0 Å². The lowest BCUT2D eigenvalue weighted by molar-refractivity contribution is 0.334. The first-order valence-corrected chi connectivity index (χ1v) is 10.6. The van der Waals surface area contributed by atoms with Gasteiger partial charge in [0.05, 0.1) is 12.7 Å². The van der Waals surface area contributed by atoms with Crippen molar-refractivity contribution in [1.82, 2.24) is 0 Å². The maximum Gasteiger partial charge on any atom is 0.204 e. The van der Waals surface area contributed by atoms with E-state index in [1.54, 1.807) is 0 Å². The van der Waals surface area contributed by atoms with Crippen LogP contribution in [0.1, 0.15) is 0 Å². The number of ether oxygens (including phenoxy) is 1. The number of hydrogen-bond donors (Lipinski definition) is 0. The molecular weight excluding hydrogens is 530 g/mol. The summed E-state index contributed by atoms with van der Waals surface area (Å²) in [5.74, 6) is -19.1. The third-order valence-corrected chi connectivity index (χ3v) is 6.08. The minimum absolute atomic E-state index is 0.376. The Morgan fingerprint density at radius 1 is 0.474 bits per heavy atom. The van der Waals surface area contributed by atoms with Crippen LogP contribution in [0.15, 0.2) is 42.5 Å². The largest absolute Gasteiger partial charge is 0.491 e. The summed E-state index contributed by atoms with van der Waals surface area (Å²) >= 11 is 0. The summed E-state index contributed by atoms with van der Waals surface area (Å²) in [5, 5.41) is -2.30. The Balaban J connectivity index is 2.10. The predicted octanol–water partition coefficient (Wildman–Crippen LogP) is 8.73. The van der Waals surface area contributed by atoms with Gasteiger partial charge in [0.1, 0.15) is 5.82 Å². The van der Waals surface area contributed by atoms with Gasteiger partial charge < -0.3 is 4.74 Å². The number of fused-ring (bicyclic) bond motifs is 2. The van der Waals surface area contributed by atoms with E-state index in [1.807, 2.05) is 0 Å². The molecule has 0 atom stereocenters. The molecule has 11 heteroatoms. The molecule has 0 aliphatic rings. The summed E-state index contributed by atoms with van der Waals surface area (Å²) in [6, 6.07) is 4.82. The summed E-state index contributed by atoms with van der Waals surface area (Å²) in [4.78, 5) is 0. The van der Waals surface area contributed by atoms with Gasteiger partial charge in [-0.25, -0.2) is 35.1 Å². The van der Waals surface area contributed by atoms with Crippen LogP contribution in [0.5, 0.6) is 5.75 Å². The molecule has 194 valence electrons. The zero-order valence-corrected chi connectivity index (χ0v) is 18.7. The summed E-state index contributed by atoms with van der Waals surface area (Å²) in [6.07, 6.45) is 0. The van der Waals surface area contributed by atoms with Crippen LogP contribution in [0.25, 0.3) is 43.8 Å². The summed E-state index contributed by atoms with van der Waals surface area (Å²) < 4.78 is 150. The Kier molecular flexibility index (Phi) is 5.96. The Hall–Kier alpha value is -4.28. The first-order chi connectivity index (χ1) is 18.0. The molecule has 1 nitrogen and oxygen atoms in total. The fourth-order valence-electron chi connectivity index (χ4n) is 4.51. The van der Waals surface area contributed by atoms with Crippen molar-refractivity contribution in [3.63, 3.8) is 0 Å². The fraction of sp³-hybridized carbons (Fsp3) is 0.0370. The lowest BCUT2D eigenvalue weighted by Crippen LogP contribution is -2.05. The highest BCUT2D eigenvalue weighted by atomic mass is 19.2. The number of methoxy groups -OCH3 is 1. The normalized spacial score (nSPS) is 11.6. The highest BCUT2D eigenvalue weighted by molar-refractivity contribution is 6.21. The molecule has 0 aliphatic carbocycles. The highest BCUT2D eigenvalue weighted by Gasteiger charge is 2.31. The van der Waals surface area contributed by atoms with Gasteiger partial charge in [0.25, 0.3) is 0 Å². The van der Waals surface area contributed by atoms with Crippen molar-refractivity contribution < 1.29 is 48.6 Å². The predicted molar refractivity (Wildman–Crippen MR) is 118 cm³/mol. The molecule has 0 radical (unpaired) electrons. The average Bonchev–Trinajstić information content (AvgIpc) is 2.87. The van der Waals surface area contributed by atoms with Gasteiger partial charge in [-0.05, 0) is 57.6 Å². The second kappa shape index (κ2) is 8.93. The van der Waals surface area contributed by atoms with Gasteiger partial charge >= 0.3 is 0 Å². The van der Waals surface area contributed by atoms with Crippen molar-refractivity contribution >= 4 is 21.5 Å². The summed E-state index contributed by atoms with van der Waals surface area (Å²) in [5.41, 5.74) is -3.26. The molecule has 0 fully saturated rings. The van der Waals surface area contributed by atoms with Crippen molar-refractivity contribution in [3.8, 4) is 28.0 Å². The number of rotatable bonds is 3. The van der Waals surface area contributed by atoms with E-state index in [0.29, 0.717) is 24.3 Å². The molecule has 0 saturated heterocycles. The molecule has 0 saturated carbocycles. The zero-order chi connectivity index (χ0) is 27.6. The van der Waals surface area contributed by atoms with Crippen LogP contribution >= 0.6 is 0 Å². The van der Waals surface area contributed by atoms with Gasteiger partial charge in [-0.1, -0.05) is 12.1 Å². The van der Waals surface area contributed by atoms with Crippen molar-refractivity contribution in [2.75, 3.05) is 7.11 Å². The Morgan fingerprint density at radius 2 is 1.00 bits per heavy atom. The van der Waals surface area contributed by atoms with Crippen LogP contribution in [0.2, 0.25) is 0 Å².